The van der Waals surface area contributed by atoms with Crippen molar-refractivity contribution in [3.8, 4) is 0 Å². The van der Waals surface area contributed by atoms with Gasteiger partial charge in [0.25, 0.3) is 0 Å². The van der Waals surface area contributed by atoms with E-state index < -0.39 is 15.1 Å². The summed E-state index contributed by atoms with van der Waals surface area (Å²) in [6.45, 7) is 2.47. The van der Waals surface area contributed by atoms with Crippen LogP contribution >= 0.6 is 0 Å². The van der Waals surface area contributed by atoms with Crippen LogP contribution in [0.2, 0.25) is 0 Å². The van der Waals surface area contributed by atoms with Gasteiger partial charge in [0.15, 0.2) is 0 Å². The van der Waals surface area contributed by atoms with E-state index in [2.05, 4.69) is 20.8 Å². The van der Waals surface area contributed by atoms with Crippen LogP contribution in [0.15, 0.2) is 9.64 Å². The van der Waals surface area contributed by atoms with Gasteiger partial charge in [-0.15, -0.1) is 5.10 Å². The highest BCUT2D eigenvalue weighted by molar-refractivity contribution is 7.90. The van der Waals surface area contributed by atoms with Crippen LogP contribution in [-0.2, 0) is 16.4 Å². The molecule has 9 heteroatoms. The third-order valence-electron chi connectivity index (χ3n) is 1.70. The van der Waals surface area contributed by atoms with E-state index >= 15 is 0 Å². The van der Waals surface area contributed by atoms with Crippen LogP contribution in [0.4, 0.5) is 4.79 Å². The molecular formula is C8H14N4O4S. The highest BCUT2D eigenvalue weighted by Crippen LogP contribution is 2.05. The lowest BCUT2D eigenvalue weighted by atomic mass is 10.5. The lowest BCUT2D eigenvalue weighted by Gasteiger charge is -2.03. The summed E-state index contributed by atoms with van der Waals surface area (Å²) < 4.78 is 26.9. The summed E-state index contributed by atoms with van der Waals surface area (Å²) in [4.78, 5) is 11.1. The van der Waals surface area contributed by atoms with Crippen molar-refractivity contribution >= 4 is 15.9 Å². The van der Waals surface area contributed by atoms with E-state index in [0.717, 1.165) is 12.7 Å². The van der Waals surface area contributed by atoms with E-state index in [1.165, 1.54) is 0 Å². The van der Waals surface area contributed by atoms with Crippen LogP contribution in [0.5, 0.6) is 0 Å². The minimum Gasteiger partial charge on any atom is -0.411 e. The molecule has 0 aliphatic carbocycles. The summed E-state index contributed by atoms with van der Waals surface area (Å²) in [5.74, 6) is 0.0390. The Balaban J connectivity index is 2.48. The summed E-state index contributed by atoms with van der Waals surface area (Å²) in [7, 11) is -3.50. The van der Waals surface area contributed by atoms with Gasteiger partial charge < -0.3 is 15.1 Å². The van der Waals surface area contributed by atoms with Gasteiger partial charge in [-0.2, -0.15) is 0 Å². The van der Waals surface area contributed by atoms with E-state index in [1.807, 2.05) is 6.92 Å². The van der Waals surface area contributed by atoms with Crippen LogP contribution in [0.3, 0.4) is 0 Å². The number of urea groups is 1. The van der Waals surface area contributed by atoms with E-state index in [9.17, 15) is 13.2 Å². The largest absolute Gasteiger partial charge is 0.411 e. The van der Waals surface area contributed by atoms with E-state index in [-0.39, 0.29) is 18.5 Å². The number of carbonyl (C=O) groups is 1. The van der Waals surface area contributed by atoms with Crippen molar-refractivity contribution in [3.63, 3.8) is 0 Å². The number of amides is 2. The Hall–Kier alpha value is -1.64. The molecule has 1 aromatic heterocycles. The van der Waals surface area contributed by atoms with Crippen molar-refractivity contribution in [2.75, 3.05) is 12.8 Å². The normalized spacial score (nSPS) is 11.2. The molecule has 0 saturated carbocycles. The molecule has 0 unspecified atom stereocenters. The SMILES string of the molecule is CCCNC(=O)NCc1nnc(S(C)(=O)=O)o1. The number of hydrogen-bond acceptors (Lipinski definition) is 6. The molecule has 0 aromatic carbocycles. The molecule has 0 saturated heterocycles. The molecule has 1 heterocycles. The van der Waals surface area contributed by atoms with Crippen molar-refractivity contribution in [2.24, 2.45) is 0 Å². The van der Waals surface area contributed by atoms with Crippen LogP contribution < -0.4 is 10.6 Å². The minimum absolute atomic E-state index is 0.0158. The summed E-state index contributed by atoms with van der Waals surface area (Å²) in [5.41, 5.74) is 0. The molecular weight excluding hydrogens is 248 g/mol. The fraction of sp³-hybridized carbons (Fsp3) is 0.625. The fourth-order valence-corrected chi connectivity index (χ4v) is 1.35. The molecule has 2 amide bonds. The molecule has 2 N–H and O–H groups in total. The van der Waals surface area contributed by atoms with Crippen LogP contribution in [0.1, 0.15) is 19.2 Å². The van der Waals surface area contributed by atoms with Crippen molar-refractivity contribution in [1.82, 2.24) is 20.8 Å². The number of hydrogen-bond donors (Lipinski definition) is 2. The Morgan fingerprint density at radius 2 is 2.06 bits per heavy atom. The molecule has 1 rings (SSSR count). The summed E-state index contributed by atoms with van der Waals surface area (Å²) in [5, 5.41) is 11.4. The monoisotopic (exact) mass is 262 g/mol. The second-order valence-corrected chi connectivity index (χ2v) is 5.24. The summed E-state index contributed by atoms with van der Waals surface area (Å²) in [6, 6.07) is -0.369. The molecule has 1 aromatic rings. The Kier molecular flexibility index (Phi) is 4.44. The van der Waals surface area contributed by atoms with Gasteiger partial charge in [0.05, 0.1) is 6.54 Å². The second kappa shape index (κ2) is 5.62. The zero-order valence-electron chi connectivity index (χ0n) is 9.56. The first-order valence-electron chi connectivity index (χ1n) is 4.97. The fourth-order valence-electron chi connectivity index (χ4n) is 0.916. The Bertz CT molecular complexity index is 481. The molecule has 0 aliphatic rings. The Morgan fingerprint density at radius 3 is 2.59 bits per heavy atom. The van der Waals surface area contributed by atoms with E-state index in [1.54, 1.807) is 0 Å². The van der Waals surface area contributed by atoms with Gasteiger partial charge >= 0.3 is 11.3 Å². The Morgan fingerprint density at radius 1 is 1.35 bits per heavy atom. The number of rotatable bonds is 5. The average molecular weight is 262 g/mol. The summed E-state index contributed by atoms with van der Waals surface area (Å²) >= 11 is 0. The van der Waals surface area contributed by atoms with Crippen molar-refractivity contribution in [1.29, 1.82) is 0 Å². The lowest BCUT2D eigenvalue weighted by molar-refractivity contribution is 0.239. The maximum absolute atomic E-state index is 11.1. The molecule has 0 fully saturated rings. The third-order valence-corrected chi connectivity index (χ3v) is 2.50. The van der Waals surface area contributed by atoms with Gasteiger partial charge in [-0.3, -0.25) is 0 Å². The maximum atomic E-state index is 11.1. The quantitative estimate of drug-likeness (QED) is 0.751. The first-order valence-corrected chi connectivity index (χ1v) is 6.86. The molecule has 96 valence electrons. The topological polar surface area (TPSA) is 114 Å². The maximum Gasteiger partial charge on any atom is 0.335 e. The predicted octanol–water partition coefficient (Wildman–Crippen LogP) is -0.318. The number of aromatic nitrogens is 2. The molecule has 8 nitrogen and oxygen atoms in total. The zero-order valence-corrected chi connectivity index (χ0v) is 10.4. The number of sulfone groups is 1. The van der Waals surface area contributed by atoms with Gasteiger partial charge in [-0.25, -0.2) is 13.2 Å². The second-order valence-electron chi connectivity index (χ2n) is 3.34. The van der Waals surface area contributed by atoms with Crippen molar-refractivity contribution in [2.45, 2.75) is 25.1 Å². The van der Waals surface area contributed by atoms with Gasteiger partial charge in [0, 0.05) is 12.8 Å². The molecule has 0 aliphatic heterocycles. The molecule has 0 bridgehead atoms. The van der Waals surface area contributed by atoms with Crippen LogP contribution in [-0.4, -0.2) is 37.4 Å². The number of nitrogens with zero attached hydrogens (tertiary/aromatic N) is 2. The first kappa shape index (κ1) is 13.4. The number of nitrogens with one attached hydrogen (secondary N) is 2. The average Bonchev–Trinajstić information content (AvgIpc) is 2.71. The molecule has 0 atom stereocenters. The van der Waals surface area contributed by atoms with E-state index in [4.69, 9.17) is 4.42 Å². The van der Waals surface area contributed by atoms with Crippen molar-refractivity contribution in [3.05, 3.63) is 5.89 Å². The summed E-state index contributed by atoms with van der Waals surface area (Å²) in [6.07, 6.45) is 1.79. The molecule has 0 radical (unpaired) electrons. The van der Waals surface area contributed by atoms with Gasteiger partial charge in [0.2, 0.25) is 15.7 Å². The van der Waals surface area contributed by atoms with Gasteiger partial charge in [0.1, 0.15) is 0 Å². The lowest BCUT2D eigenvalue weighted by Crippen LogP contribution is -2.35. The number of carbonyl (C=O) groups excluding carboxylic acids is 1. The van der Waals surface area contributed by atoms with Crippen LogP contribution in [0.25, 0.3) is 0 Å². The van der Waals surface area contributed by atoms with Crippen LogP contribution in [0, 0.1) is 0 Å². The Labute approximate surface area is 98.7 Å². The zero-order chi connectivity index (χ0) is 12.9. The molecule has 17 heavy (non-hydrogen) atoms. The minimum atomic E-state index is -3.50. The molecule has 0 spiro atoms. The van der Waals surface area contributed by atoms with E-state index in [0.29, 0.717) is 6.54 Å². The first-order chi connectivity index (χ1) is 7.93. The van der Waals surface area contributed by atoms with Crippen molar-refractivity contribution < 1.29 is 17.6 Å². The highest BCUT2D eigenvalue weighted by Gasteiger charge is 2.16. The van der Waals surface area contributed by atoms with Gasteiger partial charge in [-0.1, -0.05) is 12.0 Å². The third kappa shape index (κ3) is 4.39. The predicted molar refractivity (Wildman–Crippen MR) is 57.9 cm³/mol. The van der Waals surface area contributed by atoms with Gasteiger partial charge in [-0.05, 0) is 6.42 Å². The highest BCUT2D eigenvalue weighted by atomic mass is 32.2. The smallest absolute Gasteiger partial charge is 0.335 e. The standard InChI is InChI=1S/C8H14N4O4S/c1-3-4-9-7(13)10-5-6-11-12-8(16-6)17(2,14)15/h3-5H2,1-2H3,(H2,9,10,13).